The molecule has 0 amide bonds. The van der Waals surface area contributed by atoms with Gasteiger partial charge >= 0.3 is 0 Å². The van der Waals surface area contributed by atoms with Crippen LogP contribution in [0.15, 0.2) is 29.2 Å². The van der Waals surface area contributed by atoms with Gasteiger partial charge in [-0.25, -0.2) is 8.42 Å². The molecule has 0 radical (unpaired) electrons. The Kier molecular flexibility index (Phi) is 6.01. The van der Waals surface area contributed by atoms with Crippen molar-refractivity contribution in [3.05, 3.63) is 29.8 Å². The smallest absolute Gasteiger partial charge is 0.180 e. The van der Waals surface area contributed by atoms with E-state index < -0.39 is 9.84 Å². The van der Waals surface area contributed by atoms with Gasteiger partial charge in [0.1, 0.15) is 0 Å². The maximum Gasteiger partial charge on any atom is 0.180 e. The molecule has 1 fully saturated rings. The summed E-state index contributed by atoms with van der Waals surface area (Å²) in [6.45, 7) is 12.0. The predicted molar refractivity (Wildman–Crippen MR) is 90.8 cm³/mol. The van der Waals surface area contributed by atoms with Gasteiger partial charge in [-0.2, -0.15) is 0 Å². The van der Waals surface area contributed by atoms with E-state index in [1.165, 1.54) is 13.0 Å². The van der Waals surface area contributed by atoms with Gasteiger partial charge in [-0.3, -0.25) is 4.90 Å². The van der Waals surface area contributed by atoms with Crippen LogP contribution in [0.1, 0.15) is 32.8 Å². The molecule has 1 saturated heterocycles. The summed E-state index contributed by atoms with van der Waals surface area (Å²) in [7, 11) is -3.18. The van der Waals surface area contributed by atoms with Gasteiger partial charge in [-0.05, 0) is 44.5 Å². The molecular formula is C17H28N2O2S. The first-order valence-electron chi connectivity index (χ1n) is 8.21. The molecule has 0 unspecified atom stereocenters. The van der Waals surface area contributed by atoms with Crippen LogP contribution in [-0.2, 0) is 16.4 Å². The SMILES string of the molecule is CCCN1CCN(Cc2cccc(S(=O)(=O)C(C)C)c2)CC1. The first-order valence-corrected chi connectivity index (χ1v) is 9.75. The van der Waals surface area contributed by atoms with Gasteiger partial charge in [0.25, 0.3) is 0 Å². The minimum Gasteiger partial charge on any atom is -0.301 e. The maximum atomic E-state index is 12.3. The first-order chi connectivity index (χ1) is 10.4. The number of sulfone groups is 1. The fourth-order valence-corrected chi connectivity index (χ4v) is 3.97. The van der Waals surface area contributed by atoms with Crippen molar-refractivity contribution in [2.75, 3.05) is 32.7 Å². The molecule has 1 aromatic carbocycles. The molecule has 0 atom stereocenters. The topological polar surface area (TPSA) is 40.6 Å². The van der Waals surface area contributed by atoms with E-state index in [4.69, 9.17) is 0 Å². The molecule has 1 aliphatic rings. The van der Waals surface area contributed by atoms with E-state index in [1.54, 1.807) is 19.9 Å². The van der Waals surface area contributed by atoms with Crippen LogP contribution in [-0.4, -0.2) is 56.2 Å². The summed E-state index contributed by atoms with van der Waals surface area (Å²) in [5.41, 5.74) is 1.09. The zero-order valence-electron chi connectivity index (χ0n) is 14.0. The third-order valence-corrected chi connectivity index (χ3v) is 6.41. The van der Waals surface area contributed by atoms with E-state index in [2.05, 4.69) is 16.7 Å². The van der Waals surface area contributed by atoms with Crippen molar-refractivity contribution in [2.45, 2.75) is 43.9 Å². The summed E-state index contributed by atoms with van der Waals surface area (Å²) in [5.74, 6) is 0. The molecule has 5 heteroatoms. The maximum absolute atomic E-state index is 12.3. The lowest BCUT2D eigenvalue weighted by Crippen LogP contribution is -2.45. The van der Waals surface area contributed by atoms with Crippen LogP contribution < -0.4 is 0 Å². The van der Waals surface area contributed by atoms with Gasteiger partial charge < -0.3 is 4.90 Å². The number of benzene rings is 1. The predicted octanol–water partition coefficient (Wildman–Crippen LogP) is 2.40. The van der Waals surface area contributed by atoms with E-state index in [1.807, 2.05) is 18.2 Å². The Morgan fingerprint density at radius 1 is 1.09 bits per heavy atom. The van der Waals surface area contributed by atoms with Crippen molar-refractivity contribution in [3.8, 4) is 0 Å². The molecule has 0 aromatic heterocycles. The summed E-state index contributed by atoms with van der Waals surface area (Å²) in [6.07, 6.45) is 1.20. The molecule has 0 aliphatic carbocycles. The lowest BCUT2D eigenvalue weighted by molar-refractivity contribution is 0.127. The molecule has 1 heterocycles. The van der Waals surface area contributed by atoms with Crippen LogP contribution in [0.2, 0.25) is 0 Å². The number of rotatable bonds is 6. The van der Waals surface area contributed by atoms with Crippen LogP contribution in [0.5, 0.6) is 0 Å². The Balaban J connectivity index is 2.00. The van der Waals surface area contributed by atoms with Crippen LogP contribution in [0.4, 0.5) is 0 Å². The Bertz CT molecular complexity index is 576. The second-order valence-electron chi connectivity index (χ2n) is 6.36. The highest BCUT2D eigenvalue weighted by Crippen LogP contribution is 2.18. The van der Waals surface area contributed by atoms with Crippen molar-refractivity contribution < 1.29 is 8.42 Å². The average Bonchev–Trinajstić information content (AvgIpc) is 2.50. The summed E-state index contributed by atoms with van der Waals surface area (Å²) in [6, 6.07) is 7.43. The summed E-state index contributed by atoms with van der Waals surface area (Å²) >= 11 is 0. The van der Waals surface area contributed by atoms with Gasteiger partial charge in [0, 0.05) is 32.7 Å². The Hall–Kier alpha value is -0.910. The molecule has 124 valence electrons. The fourth-order valence-electron chi connectivity index (χ4n) is 2.84. The highest BCUT2D eigenvalue weighted by Gasteiger charge is 2.20. The van der Waals surface area contributed by atoms with Gasteiger partial charge in [0.05, 0.1) is 10.1 Å². The van der Waals surface area contributed by atoms with Crippen LogP contribution in [0.25, 0.3) is 0 Å². The Labute approximate surface area is 135 Å². The lowest BCUT2D eigenvalue weighted by Gasteiger charge is -2.34. The molecule has 0 saturated carbocycles. The molecule has 0 N–H and O–H groups in total. The quantitative estimate of drug-likeness (QED) is 0.806. The third-order valence-electron chi connectivity index (χ3n) is 4.26. The molecule has 0 spiro atoms. The Morgan fingerprint density at radius 2 is 1.73 bits per heavy atom. The van der Waals surface area contributed by atoms with Crippen molar-refractivity contribution in [1.82, 2.24) is 9.80 Å². The normalized spacial score (nSPS) is 18.0. The second kappa shape index (κ2) is 7.57. The standard InChI is InChI=1S/C17H28N2O2S/c1-4-8-18-9-11-19(12-10-18)14-16-6-5-7-17(13-16)22(20,21)15(2)3/h5-7,13,15H,4,8-12,14H2,1-3H3. The number of hydrogen-bond donors (Lipinski definition) is 0. The van der Waals surface area contributed by atoms with Gasteiger partial charge in [0.2, 0.25) is 0 Å². The summed E-state index contributed by atoms with van der Waals surface area (Å²) in [4.78, 5) is 5.35. The van der Waals surface area contributed by atoms with Crippen molar-refractivity contribution in [3.63, 3.8) is 0 Å². The lowest BCUT2D eigenvalue weighted by atomic mass is 10.2. The van der Waals surface area contributed by atoms with Crippen LogP contribution in [0, 0.1) is 0 Å². The third kappa shape index (κ3) is 4.31. The molecule has 1 aliphatic heterocycles. The monoisotopic (exact) mass is 324 g/mol. The largest absolute Gasteiger partial charge is 0.301 e. The summed E-state index contributed by atoms with van der Waals surface area (Å²) < 4.78 is 24.5. The minimum atomic E-state index is -3.18. The average molecular weight is 324 g/mol. The zero-order chi connectivity index (χ0) is 16.2. The Morgan fingerprint density at radius 3 is 2.32 bits per heavy atom. The van der Waals surface area contributed by atoms with Crippen LogP contribution >= 0.6 is 0 Å². The van der Waals surface area contributed by atoms with E-state index in [9.17, 15) is 8.42 Å². The highest BCUT2D eigenvalue weighted by molar-refractivity contribution is 7.92. The molecule has 4 nitrogen and oxygen atoms in total. The highest BCUT2D eigenvalue weighted by atomic mass is 32.2. The van der Waals surface area contributed by atoms with Gasteiger partial charge in [-0.15, -0.1) is 0 Å². The molecular weight excluding hydrogens is 296 g/mol. The first kappa shape index (κ1) is 17.4. The van der Waals surface area contributed by atoms with E-state index >= 15 is 0 Å². The van der Waals surface area contributed by atoms with E-state index in [0.29, 0.717) is 4.90 Å². The molecule has 1 aromatic rings. The number of nitrogens with zero attached hydrogens (tertiary/aromatic N) is 2. The van der Waals surface area contributed by atoms with Gasteiger partial charge in [0.15, 0.2) is 9.84 Å². The molecule has 2 rings (SSSR count). The van der Waals surface area contributed by atoms with Gasteiger partial charge in [-0.1, -0.05) is 19.1 Å². The number of piperazine rings is 1. The molecule has 0 bridgehead atoms. The minimum absolute atomic E-state index is 0.375. The van der Waals surface area contributed by atoms with Crippen molar-refractivity contribution in [1.29, 1.82) is 0 Å². The van der Waals surface area contributed by atoms with Crippen molar-refractivity contribution >= 4 is 9.84 Å². The summed E-state index contributed by atoms with van der Waals surface area (Å²) in [5, 5.41) is -0.375. The van der Waals surface area contributed by atoms with E-state index in [0.717, 1.165) is 38.3 Å². The second-order valence-corrected chi connectivity index (χ2v) is 8.86. The number of hydrogen-bond acceptors (Lipinski definition) is 4. The van der Waals surface area contributed by atoms with E-state index in [-0.39, 0.29) is 5.25 Å². The fraction of sp³-hybridized carbons (Fsp3) is 0.647. The molecule has 22 heavy (non-hydrogen) atoms. The van der Waals surface area contributed by atoms with Crippen molar-refractivity contribution in [2.24, 2.45) is 0 Å². The van der Waals surface area contributed by atoms with Crippen LogP contribution in [0.3, 0.4) is 0 Å². The zero-order valence-corrected chi connectivity index (χ0v) is 14.8.